The van der Waals surface area contributed by atoms with Crippen molar-refractivity contribution in [1.29, 1.82) is 0 Å². The van der Waals surface area contributed by atoms with Gasteiger partial charge in [-0.15, -0.1) is 0 Å². The standard InChI is InChI=1S/C16H30O3S/c1-2-3-4-5-6-7-8-14-9-11-16(12-10-14)13-15(16)20(17,18)19/h14-15H,2-13H2,1H3,(H,17,18,19)/p-1. The van der Waals surface area contributed by atoms with E-state index in [2.05, 4.69) is 6.92 Å². The molecule has 2 rings (SSSR count). The van der Waals surface area contributed by atoms with Crippen molar-refractivity contribution in [2.75, 3.05) is 0 Å². The van der Waals surface area contributed by atoms with Crippen molar-refractivity contribution in [2.24, 2.45) is 11.3 Å². The number of unbranched alkanes of at least 4 members (excludes halogenated alkanes) is 5. The van der Waals surface area contributed by atoms with Gasteiger partial charge in [-0.05, 0) is 43.4 Å². The predicted molar refractivity (Wildman–Crippen MR) is 80.5 cm³/mol. The van der Waals surface area contributed by atoms with E-state index in [9.17, 15) is 13.0 Å². The summed E-state index contributed by atoms with van der Waals surface area (Å²) in [5, 5.41) is -0.551. The lowest BCUT2D eigenvalue weighted by Gasteiger charge is -2.30. The van der Waals surface area contributed by atoms with Crippen LogP contribution < -0.4 is 0 Å². The maximum Gasteiger partial charge on any atom is 0.0981 e. The van der Waals surface area contributed by atoms with Crippen LogP contribution in [0.1, 0.15) is 84.0 Å². The molecule has 118 valence electrons. The van der Waals surface area contributed by atoms with Crippen molar-refractivity contribution in [2.45, 2.75) is 89.2 Å². The molecule has 0 saturated heterocycles. The number of hydrogen-bond acceptors (Lipinski definition) is 3. The van der Waals surface area contributed by atoms with Gasteiger partial charge in [0.05, 0.1) is 15.4 Å². The van der Waals surface area contributed by atoms with Gasteiger partial charge < -0.3 is 4.55 Å². The third kappa shape index (κ3) is 4.20. The van der Waals surface area contributed by atoms with Gasteiger partial charge in [0.2, 0.25) is 0 Å². The maximum absolute atomic E-state index is 11.1. The van der Waals surface area contributed by atoms with Gasteiger partial charge in [-0.2, -0.15) is 0 Å². The molecule has 0 aromatic carbocycles. The molecule has 0 aromatic rings. The van der Waals surface area contributed by atoms with E-state index in [0.717, 1.165) is 31.6 Å². The van der Waals surface area contributed by atoms with Crippen molar-refractivity contribution in [3.05, 3.63) is 0 Å². The molecular weight excluding hydrogens is 272 g/mol. The average molecular weight is 301 g/mol. The van der Waals surface area contributed by atoms with Gasteiger partial charge in [0.1, 0.15) is 0 Å². The van der Waals surface area contributed by atoms with E-state index in [-0.39, 0.29) is 5.41 Å². The summed E-state index contributed by atoms with van der Waals surface area (Å²) < 4.78 is 33.3. The number of hydrogen-bond donors (Lipinski definition) is 0. The van der Waals surface area contributed by atoms with Gasteiger partial charge in [-0.25, -0.2) is 8.42 Å². The quantitative estimate of drug-likeness (QED) is 0.498. The van der Waals surface area contributed by atoms with E-state index in [1.165, 1.54) is 44.9 Å². The summed E-state index contributed by atoms with van der Waals surface area (Å²) in [7, 11) is -4.03. The maximum atomic E-state index is 11.1. The van der Waals surface area contributed by atoms with Gasteiger partial charge >= 0.3 is 0 Å². The Morgan fingerprint density at radius 3 is 2.20 bits per heavy atom. The van der Waals surface area contributed by atoms with E-state index >= 15 is 0 Å². The monoisotopic (exact) mass is 301 g/mol. The highest BCUT2D eigenvalue weighted by Gasteiger charge is 2.58. The van der Waals surface area contributed by atoms with Crippen LogP contribution >= 0.6 is 0 Å². The predicted octanol–water partition coefficient (Wildman–Crippen LogP) is 4.23. The Kier molecular flexibility index (Phi) is 5.52. The molecule has 0 N–H and O–H groups in total. The molecule has 2 aliphatic rings. The fraction of sp³-hybridized carbons (Fsp3) is 1.00. The van der Waals surface area contributed by atoms with Crippen molar-refractivity contribution < 1.29 is 13.0 Å². The summed E-state index contributed by atoms with van der Waals surface area (Å²) in [4.78, 5) is 0. The van der Waals surface area contributed by atoms with Gasteiger partial charge in [0.25, 0.3) is 0 Å². The molecule has 2 fully saturated rings. The molecule has 0 heterocycles. The van der Waals surface area contributed by atoms with E-state index in [1.807, 2.05) is 0 Å². The largest absolute Gasteiger partial charge is 0.748 e. The van der Waals surface area contributed by atoms with Gasteiger partial charge in [-0.3, -0.25) is 0 Å². The van der Waals surface area contributed by atoms with Crippen LogP contribution in [0.15, 0.2) is 0 Å². The molecule has 1 spiro atoms. The molecule has 0 radical (unpaired) electrons. The van der Waals surface area contributed by atoms with E-state index < -0.39 is 15.4 Å². The first-order chi connectivity index (χ1) is 9.48. The van der Waals surface area contributed by atoms with Crippen LogP contribution in [0.3, 0.4) is 0 Å². The van der Waals surface area contributed by atoms with Crippen molar-refractivity contribution in [3.8, 4) is 0 Å². The number of rotatable bonds is 8. The van der Waals surface area contributed by atoms with Crippen LogP contribution in [0.5, 0.6) is 0 Å². The van der Waals surface area contributed by atoms with Gasteiger partial charge in [-0.1, -0.05) is 51.9 Å². The molecule has 2 aliphatic carbocycles. The molecule has 4 heteroatoms. The molecule has 2 saturated carbocycles. The summed E-state index contributed by atoms with van der Waals surface area (Å²) in [6.45, 7) is 2.24. The van der Waals surface area contributed by atoms with E-state index in [1.54, 1.807) is 0 Å². The Morgan fingerprint density at radius 2 is 1.65 bits per heavy atom. The molecule has 1 atom stereocenters. The first-order valence-corrected chi connectivity index (χ1v) is 9.90. The SMILES string of the molecule is CCCCCCCCC1CCC2(CC1)CC2S(=O)(=O)[O-]. The van der Waals surface area contributed by atoms with Crippen molar-refractivity contribution in [1.82, 2.24) is 0 Å². The molecule has 3 nitrogen and oxygen atoms in total. The zero-order valence-electron chi connectivity index (χ0n) is 12.8. The Morgan fingerprint density at radius 1 is 1.05 bits per heavy atom. The minimum Gasteiger partial charge on any atom is -0.748 e. The van der Waals surface area contributed by atoms with Crippen LogP contribution in [0, 0.1) is 11.3 Å². The second-order valence-corrected chi connectivity index (χ2v) is 8.60. The zero-order valence-corrected chi connectivity index (χ0v) is 13.6. The molecule has 0 amide bonds. The van der Waals surface area contributed by atoms with Crippen LogP contribution in [0.4, 0.5) is 0 Å². The smallest absolute Gasteiger partial charge is 0.0981 e. The first kappa shape index (κ1) is 16.3. The van der Waals surface area contributed by atoms with Crippen LogP contribution in [-0.2, 0) is 10.1 Å². The summed E-state index contributed by atoms with van der Waals surface area (Å²) in [6.07, 6.45) is 14.2. The minimum absolute atomic E-state index is 0.0990. The lowest BCUT2D eigenvalue weighted by molar-refractivity contribution is 0.241. The molecule has 1 unspecified atom stereocenters. The first-order valence-electron chi connectivity index (χ1n) is 8.43. The van der Waals surface area contributed by atoms with Gasteiger partial charge in [0.15, 0.2) is 0 Å². The highest BCUT2D eigenvalue weighted by molar-refractivity contribution is 7.86. The third-order valence-electron chi connectivity index (χ3n) is 5.53. The normalized spacial score (nSPS) is 33.5. The summed E-state index contributed by atoms with van der Waals surface area (Å²) in [5.41, 5.74) is -0.0990. The summed E-state index contributed by atoms with van der Waals surface area (Å²) in [6, 6.07) is 0. The highest BCUT2D eigenvalue weighted by Crippen LogP contribution is 2.60. The third-order valence-corrected chi connectivity index (χ3v) is 6.89. The van der Waals surface area contributed by atoms with Crippen LogP contribution in [0.25, 0.3) is 0 Å². The van der Waals surface area contributed by atoms with Gasteiger partial charge in [0, 0.05) is 0 Å². The average Bonchev–Trinajstić information content (AvgIpc) is 3.11. The van der Waals surface area contributed by atoms with Crippen molar-refractivity contribution >= 4 is 10.1 Å². The molecule has 0 aromatic heterocycles. The second-order valence-electron chi connectivity index (χ2n) is 7.05. The highest BCUT2D eigenvalue weighted by atomic mass is 32.2. The summed E-state index contributed by atoms with van der Waals surface area (Å²) in [5.74, 6) is 0.780. The minimum atomic E-state index is -4.03. The zero-order chi connectivity index (χ0) is 14.6. The molecule has 0 aliphatic heterocycles. The fourth-order valence-corrected chi connectivity index (χ4v) is 5.38. The second kappa shape index (κ2) is 6.78. The van der Waals surface area contributed by atoms with E-state index in [0.29, 0.717) is 6.42 Å². The van der Waals surface area contributed by atoms with Crippen molar-refractivity contribution in [3.63, 3.8) is 0 Å². The molecule has 0 bridgehead atoms. The summed E-state index contributed by atoms with van der Waals surface area (Å²) >= 11 is 0. The Hall–Kier alpha value is -0.0900. The molecular formula is C16H29O3S-. The Labute approximate surface area is 124 Å². The van der Waals surface area contributed by atoms with Crippen LogP contribution in [0.2, 0.25) is 0 Å². The lowest BCUT2D eigenvalue weighted by Crippen LogP contribution is -2.22. The lowest BCUT2D eigenvalue weighted by atomic mass is 9.78. The molecule has 20 heavy (non-hydrogen) atoms. The Balaban J connectivity index is 1.59. The Bertz CT molecular complexity index is 394. The topological polar surface area (TPSA) is 57.2 Å². The van der Waals surface area contributed by atoms with Crippen LogP contribution in [-0.4, -0.2) is 18.2 Å². The fourth-order valence-electron chi connectivity index (χ4n) is 4.00. The van der Waals surface area contributed by atoms with E-state index in [4.69, 9.17) is 0 Å².